The van der Waals surface area contributed by atoms with Crippen LogP contribution in [-0.2, 0) is 11.0 Å². The van der Waals surface area contributed by atoms with E-state index in [1.54, 1.807) is 0 Å². The Morgan fingerprint density at radius 1 is 1.28 bits per heavy atom. The normalized spacial score (nSPS) is 13.1. The van der Waals surface area contributed by atoms with Crippen molar-refractivity contribution in [1.82, 2.24) is 0 Å². The third kappa shape index (κ3) is 5.43. The Morgan fingerprint density at radius 3 is 2.41 bits per heavy atom. The molecule has 2 aromatic carbocycles. The first-order chi connectivity index (χ1) is 13.4. The minimum atomic E-state index is -5.01. The summed E-state index contributed by atoms with van der Waals surface area (Å²) in [5.74, 6) is -0.808. The molecule has 0 bridgehead atoms. The molecule has 0 spiro atoms. The molecule has 11 heteroatoms. The third-order valence-corrected chi connectivity index (χ3v) is 3.73. The number of nitro groups is 1. The standard InChI is InChI=1S/C18H14F3N3O5/c1-17(26,10-29-13-6-3-11(22-2)4-7-13)16(25)23-12-5-8-15(24(27)28)14(9-12)18(19,20)21/h3-9,26H,10H2,1H3,(H,23,25)/t17-/m0/s1. The van der Waals surface area contributed by atoms with Crippen molar-refractivity contribution in [3.05, 3.63) is 69.6 Å². The Balaban J connectivity index is 2.13. The van der Waals surface area contributed by atoms with Gasteiger partial charge in [-0.15, -0.1) is 0 Å². The maximum absolute atomic E-state index is 13.0. The Kier molecular flexibility index (Phi) is 6.09. The van der Waals surface area contributed by atoms with Gasteiger partial charge in [0.15, 0.2) is 11.3 Å². The fourth-order valence-corrected chi connectivity index (χ4v) is 2.17. The number of amides is 1. The highest BCUT2D eigenvalue weighted by molar-refractivity contribution is 5.97. The molecule has 0 aliphatic heterocycles. The molecule has 0 saturated heterocycles. The summed E-state index contributed by atoms with van der Waals surface area (Å²) >= 11 is 0. The molecule has 0 unspecified atom stereocenters. The van der Waals surface area contributed by atoms with Gasteiger partial charge in [-0.05, 0) is 31.2 Å². The van der Waals surface area contributed by atoms with Crippen molar-refractivity contribution in [2.45, 2.75) is 18.7 Å². The minimum Gasteiger partial charge on any atom is -0.490 e. The van der Waals surface area contributed by atoms with Gasteiger partial charge in [0.1, 0.15) is 17.9 Å². The van der Waals surface area contributed by atoms with Crippen LogP contribution in [0.2, 0.25) is 0 Å². The highest BCUT2D eigenvalue weighted by Gasteiger charge is 2.39. The average Bonchev–Trinajstić information content (AvgIpc) is 2.66. The molecule has 1 atom stereocenters. The van der Waals surface area contributed by atoms with E-state index in [4.69, 9.17) is 11.3 Å². The van der Waals surface area contributed by atoms with Crippen molar-refractivity contribution in [2.24, 2.45) is 0 Å². The van der Waals surface area contributed by atoms with Crippen LogP contribution >= 0.6 is 0 Å². The number of ether oxygens (including phenoxy) is 1. The molecule has 2 rings (SSSR count). The van der Waals surface area contributed by atoms with Gasteiger partial charge in [0.25, 0.3) is 11.6 Å². The molecule has 0 saturated carbocycles. The van der Waals surface area contributed by atoms with Gasteiger partial charge in [-0.3, -0.25) is 14.9 Å². The van der Waals surface area contributed by atoms with Crippen molar-refractivity contribution < 1.29 is 32.7 Å². The summed E-state index contributed by atoms with van der Waals surface area (Å²) in [6, 6.07) is 7.78. The number of halogens is 3. The second-order valence-electron chi connectivity index (χ2n) is 6.11. The SMILES string of the molecule is [C-]#[N+]c1ccc(OC[C@](C)(O)C(=O)Nc2ccc([N+](=O)[O-])c(C(F)(F)F)c2)cc1. The van der Waals surface area contributed by atoms with Crippen LogP contribution in [0.1, 0.15) is 12.5 Å². The number of carbonyl (C=O) groups excluding carboxylic acids is 1. The third-order valence-electron chi connectivity index (χ3n) is 3.73. The van der Waals surface area contributed by atoms with Crippen molar-refractivity contribution in [2.75, 3.05) is 11.9 Å². The first kappa shape index (κ1) is 21.6. The molecule has 2 N–H and O–H groups in total. The number of hydrogen-bond acceptors (Lipinski definition) is 5. The van der Waals surface area contributed by atoms with E-state index in [-0.39, 0.29) is 11.4 Å². The number of anilines is 1. The second-order valence-corrected chi connectivity index (χ2v) is 6.11. The van der Waals surface area contributed by atoms with Gasteiger partial charge >= 0.3 is 6.18 Å². The van der Waals surface area contributed by atoms with Gasteiger partial charge in [0, 0.05) is 11.8 Å². The van der Waals surface area contributed by atoms with Crippen molar-refractivity contribution in [3.8, 4) is 5.75 Å². The first-order valence-corrected chi connectivity index (χ1v) is 7.94. The molecule has 0 aliphatic carbocycles. The van der Waals surface area contributed by atoms with Gasteiger partial charge < -0.3 is 15.2 Å². The zero-order chi connectivity index (χ0) is 21.8. The van der Waals surface area contributed by atoms with Crippen molar-refractivity contribution in [1.29, 1.82) is 0 Å². The van der Waals surface area contributed by atoms with Crippen LogP contribution in [-0.4, -0.2) is 28.1 Å². The van der Waals surface area contributed by atoms with E-state index >= 15 is 0 Å². The number of carbonyl (C=O) groups is 1. The summed E-state index contributed by atoms with van der Waals surface area (Å²) in [6.45, 7) is 7.41. The lowest BCUT2D eigenvalue weighted by Crippen LogP contribution is -2.45. The van der Waals surface area contributed by atoms with Crippen molar-refractivity contribution in [3.63, 3.8) is 0 Å². The predicted molar refractivity (Wildman–Crippen MR) is 95.6 cm³/mol. The lowest BCUT2D eigenvalue weighted by Gasteiger charge is -2.23. The first-order valence-electron chi connectivity index (χ1n) is 7.94. The van der Waals surface area contributed by atoms with Crippen LogP contribution in [0, 0.1) is 16.7 Å². The molecule has 1 amide bonds. The Labute approximate surface area is 162 Å². The van der Waals surface area contributed by atoms with E-state index < -0.39 is 40.5 Å². The Hall–Kier alpha value is -3.65. The number of nitrogens with zero attached hydrogens (tertiary/aromatic N) is 2. The monoisotopic (exact) mass is 409 g/mol. The number of rotatable bonds is 6. The molecule has 0 aromatic heterocycles. The summed E-state index contributed by atoms with van der Waals surface area (Å²) < 4.78 is 44.3. The molecule has 0 radical (unpaired) electrons. The van der Waals surface area contributed by atoms with Crippen LogP contribution in [0.15, 0.2) is 42.5 Å². The Bertz CT molecular complexity index is 966. The fourth-order valence-electron chi connectivity index (χ4n) is 2.17. The summed E-state index contributed by atoms with van der Waals surface area (Å²) in [5.41, 5.74) is -4.84. The molecule has 0 fully saturated rings. The molecule has 8 nitrogen and oxygen atoms in total. The predicted octanol–water partition coefficient (Wildman–Crippen LogP) is 3.93. The number of hydrogen-bond donors (Lipinski definition) is 2. The zero-order valence-corrected chi connectivity index (χ0v) is 14.9. The van der Waals surface area contributed by atoms with E-state index in [1.807, 2.05) is 0 Å². The van der Waals surface area contributed by atoms with Crippen LogP contribution < -0.4 is 10.1 Å². The Morgan fingerprint density at radius 2 is 1.90 bits per heavy atom. The number of nitrogens with one attached hydrogen (secondary N) is 1. The van der Waals surface area contributed by atoms with Crippen LogP contribution in [0.4, 0.5) is 30.2 Å². The lowest BCUT2D eigenvalue weighted by atomic mass is 10.1. The highest BCUT2D eigenvalue weighted by atomic mass is 19.4. The zero-order valence-electron chi connectivity index (χ0n) is 14.9. The molecule has 2 aromatic rings. The van der Waals surface area contributed by atoms with Gasteiger partial charge in [0.2, 0.25) is 0 Å². The van der Waals surface area contributed by atoms with Gasteiger partial charge in [-0.25, -0.2) is 4.85 Å². The second kappa shape index (κ2) is 8.15. The smallest absolute Gasteiger partial charge is 0.423 e. The maximum atomic E-state index is 13.0. The lowest BCUT2D eigenvalue weighted by molar-refractivity contribution is -0.388. The minimum absolute atomic E-state index is 0.264. The van der Waals surface area contributed by atoms with Crippen LogP contribution in [0.5, 0.6) is 5.75 Å². The number of nitro benzene ring substituents is 1. The summed E-state index contributed by atoms with van der Waals surface area (Å²) in [5, 5.41) is 23.1. The quantitative estimate of drug-likeness (QED) is 0.427. The van der Waals surface area contributed by atoms with E-state index in [0.717, 1.165) is 13.0 Å². The molecule has 0 heterocycles. The van der Waals surface area contributed by atoms with Crippen molar-refractivity contribution >= 4 is 23.0 Å². The van der Waals surface area contributed by atoms with Crippen LogP contribution in [0.3, 0.4) is 0 Å². The summed E-state index contributed by atoms with van der Waals surface area (Å²) in [6.07, 6.45) is -5.01. The van der Waals surface area contributed by atoms with E-state index in [0.29, 0.717) is 17.8 Å². The van der Waals surface area contributed by atoms with Gasteiger partial charge in [0.05, 0.1) is 11.5 Å². The van der Waals surface area contributed by atoms with E-state index in [1.165, 1.54) is 24.3 Å². The molecular formula is C18H14F3N3O5. The van der Waals surface area contributed by atoms with E-state index in [2.05, 4.69) is 10.2 Å². The van der Waals surface area contributed by atoms with Crippen LogP contribution in [0.25, 0.3) is 4.85 Å². The maximum Gasteiger partial charge on any atom is 0.423 e. The number of alkyl halides is 3. The van der Waals surface area contributed by atoms with Gasteiger partial charge in [-0.2, -0.15) is 13.2 Å². The number of benzene rings is 2. The fraction of sp³-hybridized carbons (Fsp3) is 0.222. The average molecular weight is 409 g/mol. The summed E-state index contributed by atoms with van der Waals surface area (Å²) in [7, 11) is 0. The molecule has 152 valence electrons. The largest absolute Gasteiger partial charge is 0.490 e. The number of aliphatic hydroxyl groups is 1. The highest BCUT2D eigenvalue weighted by Crippen LogP contribution is 2.37. The molecule has 0 aliphatic rings. The van der Waals surface area contributed by atoms with Gasteiger partial charge in [-0.1, -0.05) is 12.1 Å². The molecular weight excluding hydrogens is 395 g/mol. The molecule has 29 heavy (non-hydrogen) atoms. The van der Waals surface area contributed by atoms with E-state index in [9.17, 15) is 33.2 Å². The summed E-state index contributed by atoms with van der Waals surface area (Å²) in [4.78, 5) is 25.0. The topological polar surface area (TPSA) is 106 Å².